The van der Waals surface area contributed by atoms with Gasteiger partial charge in [0.1, 0.15) is 0 Å². The van der Waals surface area contributed by atoms with Crippen molar-refractivity contribution in [1.82, 2.24) is 15.1 Å². The molecule has 0 spiro atoms. The standard InChI is InChI=1S/C18H30N4O3/c1-5-25-17(24)18(3,4)22-12-15(11-20-22)21-16(23)9-13(2)14-7-6-8-19-10-14/h11-14,19H,5-10H2,1-4H3,(H,21,23). The number of nitrogens with one attached hydrogen (secondary N) is 2. The second-order valence-corrected chi connectivity index (χ2v) is 7.29. The van der Waals surface area contributed by atoms with Gasteiger partial charge in [-0.2, -0.15) is 5.10 Å². The molecule has 1 aliphatic rings. The zero-order chi connectivity index (χ0) is 18.4. The Bertz CT molecular complexity index is 591. The second-order valence-electron chi connectivity index (χ2n) is 7.29. The van der Waals surface area contributed by atoms with Crippen molar-refractivity contribution >= 4 is 17.6 Å². The van der Waals surface area contributed by atoms with Gasteiger partial charge in [0, 0.05) is 12.6 Å². The van der Waals surface area contributed by atoms with Crippen LogP contribution >= 0.6 is 0 Å². The molecule has 1 amide bonds. The summed E-state index contributed by atoms with van der Waals surface area (Å²) in [6.07, 6.45) is 6.06. The van der Waals surface area contributed by atoms with Crippen molar-refractivity contribution < 1.29 is 14.3 Å². The summed E-state index contributed by atoms with van der Waals surface area (Å²) >= 11 is 0. The van der Waals surface area contributed by atoms with E-state index in [1.54, 1.807) is 33.2 Å². The van der Waals surface area contributed by atoms with Crippen molar-refractivity contribution in [2.75, 3.05) is 25.0 Å². The number of amides is 1. The van der Waals surface area contributed by atoms with E-state index in [0.29, 0.717) is 30.6 Å². The number of esters is 1. The number of aromatic nitrogens is 2. The average Bonchev–Trinajstić information content (AvgIpc) is 3.05. The molecule has 25 heavy (non-hydrogen) atoms. The number of hydrogen-bond donors (Lipinski definition) is 2. The zero-order valence-electron chi connectivity index (χ0n) is 15.7. The van der Waals surface area contributed by atoms with Crippen molar-refractivity contribution in [2.24, 2.45) is 11.8 Å². The van der Waals surface area contributed by atoms with E-state index in [2.05, 4.69) is 22.7 Å². The van der Waals surface area contributed by atoms with E-state index in [4.69, 9.17) is 4.74 Å². The molecule has 1 aromatic heterocycles. The van der Waals surface area contributed by atoms with Crippen LogP contribution in [-0.2, 0) is 19.9 Å². The quantitative estimate of drug-likeness (QED) is 0.736. The van der Waals surface area contributed by atoms with E-state index in [-0.39, 0.29) is 11.9 Å². The molecule has 1 saturated heterocycles. The third-order valence-electron chi connectivity index (χ3n) is 4.86. The summed E-state index contributed by atoms with van der Waals surface area (Å²) in [5.74, 6) is 0.504. The van der Waals surface area contributed by atoms with Crippen LogP contribution in [0.1, 0.15) is 47.0 Å². The number of rotatable bonds is 7. The summed E-state index contributed by atoms with van der Waals surface area (Å²) in [6, 6.07) is 0. The Balaban J connectivity index is 1.91. The Kier molecular flexibility index (Phi) is 6.58. The lowest BCUT2D eigenvalue weighted by Crippen LogP contribution is -2.37. The third-order valence-corrected chi connectivity index (χ3v) is 4.86. The van der Waals surface area contributed by atoms with Crippen molar-refractivity contribution in [3.05, 3.63) is 12.4 Å². The van der Waals surface area contributed by atoms with Crippen molar-refractivity contribution in [3.8, 4) is 0 Å². The van der Waals surface area contributed by atoms with E-state index in [1.165, 1.54) is 17.5 Å². The summed E-state index contributed by atoms with van der Waals surface area (Å²) in [5.41, 5.74) is -0.323. The number of ether oxygens (including phenoxy) is 1. The van der Waals surface area contributed by atoms with E-state index >= 15 is 0 Å². The molecule has 0 aromatic carbocycles. The molecule has 7 nitrogen and oxygen atoms in total. The summed E-state index contributed by atoms with van der Waals surface area (Å²) in [6.45, 7) is 9.76. The van der Waals surface area contributed by atoms with Crippen LogP contribution in [0, 0.1) is 11.8 Å². The van der Waals surface area contributed by atoms with Crippen molar-refractivity contribution in [1.29, 1.82) is 0 Å². The highest BCUT2D eigenvalue weighted by atomic mass is 16.5. The summed E-state index contributed by atoms with van der Waals surface area (Å²) < 4.78 is 6.60. The van der Waals surface area contributed by atoms with Crippen LogP contribution in [0.2, 0.25) is 0 Å². The lowest BCUT2D eigenvalue weighted by molar-refractivity contribution is -0.152. The minimum Gasteiger partial charge on any atom is -0.464 e. The fourth-order valence-electron chi connectivity index (χ4n) is 3.13. The molecule has 7 heteroatoms. The van der Waals surface area contributed by atoms with Crippen LogP contribution in [0.5, 0.6) is 0 Å². The lowest BCUT2D eigenvalue weighted by Gasteiger charge is -2.27. The predicted octanol–water partition coefficient (Wildman–Crippen LogP) is 2.15. The molecule has 140 valence electrons. The van der Waals surface area contributed by atoms with Crippen LogP contribution in [0.3, 0.4) is 0 Å². The number of piperidine rings is 1. The van der Waals surface area contributed by atoms with Gasteiger partial charge in [0.15, 0.2) is 5.54 Å². The first-order chi connectivity index (χ1) is 11.8. The van der Waals surface area contributed by atoms with Crippen molar-refractivity contribution in [3.63, 3.8) is 0 Å². The van der Waals surface area contributed by atoms with Crippen LogP contribution < -0.4 is 10.6 Å². The largest absolute Gasteiger partial charge is 0.464 e. The summed E-state index contributed by atoms with van der Waals surface area (Å²) in [4.78, 5) is 24.3. The Hall–Kier alpha value is -1.89. The third kappa shape index (κ3) is 5.04. The number of nitrogens with zero attached hydrogens (tertiary/aromatic N) is 2. The molecule has 2 atom stereocenters. The molecule has 2 heterocycles. The first-order valence-corrected chi connectivity index (χ1v) is 9.07. The number of hydrogen-bond acceptors (Lipinski definition) is 5. The molecule has 0 bridgehead atoms. The Labute approximate surface area is 149 Å². The predicted molar refractivity (Wildman–Crippen MR) is 96.2 cm³/mol. The monoisotopic (exact) mass is 350 g/mol. The average molecular weight is 350 g/mol. The Morgan fingerprint density at radius 2 is 2.28 bits per heavy atom. The SMILES string of the molecule is CCOC(=O)C(C)(C)n1cc(NC(=O)CC(C)C2CCCNC2)cn1. The molecule has 2 unspecified atom stereocenters. The molecule has 0 saturated carbocycles. The van der Waals surface area contributed by atoms with E-state index in [1.807, 2.05) is 0 Å². The normalized spacial score (nSPS) is 19.3. The van der Waals surface area contributed by atoms with Crippen LogP contribution in [0.25, 0.3) is 0 Å². The highest BCUT2D eigenvalue weighted by molar-refractivity contribution is 5.90. The van der Waals surface area contributed by atoms with Gasteiger partial charge in [-0.05, 0) is 58.5 Å². The lowest BCUT2D eigenvalue weighted by atomic mass is 9.85. The van der Waals surface area contributed by atoms with Gasteiger partial charge >= 0.3 is 5.97 Å². The molecule has 0 radical (unpaired) electrons. The van der Waals surface area contributed by atoms with E-state index in [9.17, 15) is 9.59 Å². The molecule has 2 N–H and O–H groups in total. The maximum atomic E-state index is 12.3. The zero-order valence-corrected chi connectivity index (χ0v) is 15.7. The fraction of sp³-hybridized carbons (Fsp3) is 0.722. The molecule has 1 aliphatic heterocycles. The smallest absolute Gasteiger partial charge is 0.333 e. The van der Waals surface area contributed by atoms with Gasteiger partial charge in [0.05, 0.1) is 18.5 Å². The highest BCUT2D eigenvalue weighted by Gasteiger charge is 2.32. The van der Waals surface area contributed by atoms with Gasteiger partial charge in [-0.3, -0.25) is 9.48 Å². The van der Waals surface area contributed by atoms with Crippen LogP contribution in [0.15, 0.2) is 12.4 Å². The minimum atomic E-state index is -0.917. The number of carbonyl (C=O) groups excluding carboxylic acids is 2. The highest BCUT2D eigenvalue weighted by Crippen LogP contribution is 2.23. The number of anilines is 1. The summed E-state index contributed by atoms with van der Waals surface area (Å²) in [5, 5.41) is 10.5. The Morgan fingerprint density at radius 3 is 2.92 bits per heavy atom. The van der Waals surface area contributed by atoms with Gasteiger partial charge in [0.25, 0.3) is 0 Å². The van der Waals surface area contributed by atoms with E-state index in [0.717, 1.165) is 13.1 Å². The minimum absolute atomic E-state index is 0.0217. The second kappa shape index (κ2) is 8.47. The molecular formula is C18H30N4O3. The topological polar surface area (TPSA) is 85.2 Å². The Morgan fingerprint density at radius 1 is 1.52 bits per heavy atom. The first-order valence-electron chi connectivity index (χ1n) is 9.07. The van der Waals surface area contributed by atoms with E-state index < -0.39 is 5.54 Å². The van der Waals surface area contributed by atoms with Crippen LogP contribution in [0.4, 0.5) is 5.69 Å². The fourth-order valence-corrected chi connectivity index (χ4v) is 3.13. The molecule has 1 fully saturated rings. The molecule has 0 aliphatic carbocycles. The molecular weight excluding hydrogens is 320 g/mol. The van der Waals surface area contributed by atoms with Crippen LogP contribution in [-0.4, -0.2) is 41.4 Å². The van der Waals surface area contributed by atoms with Gasteiger partial charge in [-0.1, -0.05) is 6.92 Å². The maximum absolute atomic E-state index is 12.3. The van der Waals surface area contributed by atoms with Gasteiger partial charge < -0.3 is 15.4 Å². The molecule has 2 rings (SSSR count). The van der Waals surface area contributed by atoms with Gasteiger partial charge in [-0.25, -0.2) is 4.79 Å². The van der Waals surface area contributed by atoms with Gasteiger partial charge in [0.2, 0.25) is 5.91 Å². The first kappa shape index (κ1) is 19.4. The molecule has 1 aromatic rings. The number of carbonyl (C=O) groups is 2. The summed E-state index contributed by atoms with van der Waals surface area (Å²) in [7, 11) is 0. The van der Waals surface area contributed by atoms with Gasteiger partial charge in [-0.15, -0.1) is 0 Å². The van der Waals surface area contributed by atoms with Crippen molar-refractivity contribution in [2.45, 2.75) is 52.5 Å². The maximum Gasteiger partial charge on any atom is 0.333 e.